The molecule has 1 amide bonds. The van der Waals surface area contributed by atoms with E-state index in [9.17, 15) is 13.6 Å². The summed E-state index contributed by atoms with van der Waals surface area (Å²) in [5.41, 5.74) is 0.708. The van der Waals surface area contributed by atoms with Crippen molar-refractivity contribution in [2.24, 2.45) is 0 Å². The maximum absolute atomic E-state index is 13.5. The van der Waals surface area contributed by atoms with Crippen LogP contribution in [0.4, 0.5) is 14.5 Å². The third-order valence-corrected chi connectivity index (χ3v) is 2.78. The second-order valence-corrected chi connectivity index (χ2v) is 4.07. The second-order valence-electron chi connectivity index (χ2n) is 4.07. The fourth-order valence-electron chi connectivity index (χ4n) is 1.82. The van der Waals surface area contributed by atoms with E-state index in [1.54, 1.807) is 6.07 Å². The van der Waals surface area contributed by atoms with Crippen LogP contribution in [-0.2, 0) is 0 Å². The summed E-state index contributed by atoms with van der Waals surface area (Å²) in [6, 6.07) is 4.35. The molecule has 2 N–H and O–H groups in total. The molecule has 0 bridgehead atoms. The number of nitrogens with one attached hydrogen (secondary N) is 2. The molecule has 0 aliphatic heterocycles. The van der Waals surface area contributed by atoms with Crippen molar-refractivity contribution in [3.63, 3.8) is 0 Å². The van der Waals surface area contributed by atoms with Gasteiger partial charge in [0.25, 0.3) is 5.91 Å². The number of carbonyl (C=O) groups is 1. The van der Waals surface area contributed by atoms with Gasteiger partial charge in [-0.05, 0) is 18.2 Å². The molecule has 0 unspecified atom stereocenters. The fourth-order valence-corrected chi connectivity index (χ4v) is 1.82. The number of carbonyl (C=O) groups excluding carboxylic acids is 1. The molecule has 5 nitrogen and oxygen atoms in total. The maximum atomic E-state index is 13.5. The Labute approximate surface area is 111 Å². The van der Waals surface area contributed by atoms with E-state index in [4.69, 9.17) is 0 Å². The molecule has 0 fully saturated rings. The third kappa shape index (κ3) is 2.09. The normalized spacial score (nSPS) is 10.7. The molecule has 0 aliphatic rings. The molecular weight excluding hydrogens is 266 g/mol. The summed E-state index contributed by atoms with van der Waals surface area (Å²) in [5.74, 6) is -2.32. The van der Waals surface area contributed by atoms with E-state index in [-0.39, 0.29) is 5.56 Å². The highest BCUT2D eigenvalue weighted by Gasteiger charge is 2.14. The second kappa shape index (κ2) is 4.69. The number of aromatic amines is 1. The molecule has 3 rings (SSSR count). The third-order valence-electron chi connectivity index (χ3n) is 2.78. The van der Waals surface area contributed by atoms with Crippen LogP contribution in [0.5, 0.6) is 0 Å². The standard InChI is InChI=1S/C13H8F2N4O/c14-7-1-2-8(10(15)5-7)13(20)18-11-3-4-16-12-9(11)6-17-19-12/h1-6H,(H2,16,17,18,19,20). The molecule has 0 aliphatic carbocycles. The Morgan fingerprint density at radius 2 is 2.10 bits per heavy atom. The lowest BCUT2D eigenvalue weighted by atomic mass is 10.2. The topological polar surface area (TPSA) is 70.7 Å². The van der Waals surface area contributed by atoms with Gasteiger partial charge in [-0.3, -0.25) is 9.89 Å². The van der Waals surface area contributed by atoms with E-state index >= 15 is 0 Å². The van der Waals surface area contributed by atoms with Gasteiger partial charge < -0.3 is 5.32 Å². The first kappa shape index (κ1) is 12.2. The molecular formula is C13H8F2N4O. The summed E-state index contributed by atoms with van der Waals surface area (Å²) in [7, 11) is 0. The summed E-state index contributed by atoms with van der Waals surface area (Å²) in [6.07, 6.45) is 2.98. The fraction of sp³-hybridized carbons (Fsp3) is 0. The molecule has 0 radical (unpaired) electrons. The summed E-state index contributed by atoms with van der Waals surface area (Å²) < 4.78 is 26.3. The van der Waals surface area contributed by atoms with Crippen LogP contribution < -0.4 is 5.32 Å². The molecule has 3 aromatic rings. The summed E-state index contributed by atoms with van der Waals surface area (Å²) >= 11 is 0. The summed E-state index contributed by atoms with van der Waals surface area (Å²) in [5, 5.41) is 9.61. The number of halogens is 2. The zero-order valence-corrected chi connectivity index (χ0v) is 10.0. The molecule has 1 aromatic carbocycles. The van der Waals surface area contributed by atoms with Crippen LogP contribution in [0.25, 0.3) is 11.0 Å². The van der Waals surface area contributed by atoms with Gasteiger partial charge in [-0.15, -0.1) is 0 Å². The van der Waals surface area contributed by atoms with E-state index in [0.29, 0.717) is 22.8 Å². The number of aromatic nitrogens is 3. The Bertz CT molecular complexity index is 800. The number of hydrogen-bond acceptors (Lipinski definition) is 3. The largest absolute Gasteiger partial charge is 0.321 e. The van der Waals surface area contributed by atoms with Crippen molar-refractivity contribution >= 4 is 22.6 Å². The van der Waals surface area contributed by atoms with Gasteiger partial charge in [0.2, 0.25) is 0 Å². The van der Waals surface area contributed by atoms with Crippen LogP contribution in [0, 0.1) is 11.6 Å². The monoisotopic (exact) mass is 274 g/mol. The van der Waals surface area contributed by atoms with Gasteiger partial charge in [-0.25, -0.2) is 13.8 Å². The summed E-state index contributed by atoms with van der Waals surface area (Å²) in [6.45, 7) is 0. The number of rotatable bonds is 2. The number of pyridine rings is 1. The van der Waals surface area contributed by atoms with Crippen molar-refractivity contribution in [3.8, 4) is 0 Å². The van der Waals surface area contributed by atoms with Gasteiger partial charge >= 0.3 is 0 Å². The first-order valence-corrected chi connectivity index (χ1v) is 5.69. The van der Waals surface area contributed by atoms with Gasteiger partial charge in [0.15, 0.2) is 5.65 Å². The van der Waals surface area contributed by atoms with Crippen molar-refractivity contribution in [1.29, 1.82) is 0 Å². The first-order valence-electron chi connectivity index (χ1n) is 5.69. The highest BCUT2D eigenvalue weighted by Crippen LogP contribution is 2.20. The predicted molar refractivity (Wildman–Crippen MR) is 68.2 cm³/mol. The molecule has 2 heterocycles. The van der Waals surface area contributed by atoms with Crippen molar-refractivity contribution in [3.05, 3.63) is 53.9 Å². The SMILES string of the molecule is O=C(Nc1ccnc2[nH]ncc12)c1ccc(F)cc1F. The van der Waals surface area contributed by atoms with Crippen molar-refractivity contribution < 1.29 is 13.6 Å². The van der Waals surface area contributed by atoms with E-state index in [1.165, 1.54) is 12.4 Å². The van der Waals surface area contributed by atoms with Gasteiger partial charge in [-0.2, -0.15) is 5.10 Å². The predicted octanol–water partition coefficient (Wildman–Crippen LogP) is 2.49. The quantitative estimate of drug-likeness (QED) is 0.754. The number of H-pyrrole nitrogens is 1. The van der Waals surface area contributed by atoms with E-state index in [0.717, 1.165) is 12.1 Å². The number of hydrogen-bond donors (Lipinski definition) is 2. The van der Waals surface area contributed by atoms with Gasteiger partial charge in [0.1, 0.15) is 11.6 Å². The Morgan fingerprint density at radius 3 is 2.90 bits per heavy atom. The average Bonchev–Trinajstić information content (AvgIpc) is 2.87. The van der Waals surface area contributed by atoms with Crippen molar-refractivity contribution in [1.82, 2.24) is 15.2 Å². The lowest BCUT2D eigenvalue weighted by Gasteiger charge is -2.06. The number of fused-ring (bicyclic) bond motifs is 1. The van der Waals surface area contributed by atoms with Gasteiger partial charge in [-0.1, -0.05) is 0 Å². The van der Waals surface area contributed by atoms with E-state index < -0.39 is 17.5 Å². The lowest BCUT2D eigenvalue weighted by molar-refractivity contribution is 0.102. The first-order chi connectivity index (χ1) is 9.65. The number of nitrogens with zero attached hydrogens (tertiary/aromatic N) is 2. The minimum atomic E-state index is -0.917. The molecule has 0 spiro atoms. The highest BCUT2D eigenvalue weighted by atomic mass is 19.1. The van der Waals surface area contributed by atoms with E-state index in [2.05, 4.69) is 20.5 Å². The lowest BCUT2D eigenvalue weighted by Crippen LogP contribution is -2.14. The Balaban J connectivity index is 1.94. The van der Waals surface area contributed by atoms with Crippen molar-refractivity contribution in [2.75, 3.05) is 5.32 Å². The molecule has 100 valence electrons. The van der Waals surface area contributed by atoms with Crippen molar-refractivity contribution in [2.45, 2.75) is 0 Å². The molecule has 7 heteroatoms. The number of anilines is 1. The molecule has 2 aromatic heterocycles. The molecule has 0 saturated carbocycles. The van der Waals surface area contributed by atoms with Crippen LogP contribution in [0.3, 0.4) is 0 Å². The summed E-state index contributed by atoms with van der Waals surface area (Å²) in [4.78, 5) is 16.0. The number of amides is 1. The maximum Gasteiger partial charge on any atom is 0.258 e. The smallest absolute Gasteiger partial charge is 0.258 e. The van der Waals surface area contributed by atoms with Gasteiger partial charge in [0, 0.05) is 12.3 Å². The van der Waals surface area contributed by atoms with Crippen LogP contribution in [-0.4, -0.2) is 21.1 Å². The Morgan fingerprint density at radius 1 is 1.25 bits per heavy atom. The average molecular weight is 274 g/mol. The molecule has 0 saturated heterocycles. The van der Waals surface area contributed by atoms with Crippen LogP contribution in [0.1, 0.15) is 10.4 Å². The van der Waals surface area contributed by atoms with Crippen LogP contribution >= 0.6 is 0 Å². The van der Waals surface area contributed by atoms with Gasteiger partial charge in [0.05, 0.1) is 22.8 Å². The Kier molecular flexibility index (Phi) is 2.86. The Hall–Kier alpha value is -2.83. The zero-order valence-electron chi connectivity index (χ0n) is 10.0. The molecule has 0 atom stereocenters. The van der Waals surface area contributed by atoms with Crippen LogP contribution in [0.2, 0.25) is 0 Å². The minimum Gasteiger partial charge on any atom is -0.321 e. The number of benzene rings is 1. The highest BCUT2D eigenvalue weighted by molar-refractivity contribution is 6.08. The zero-order chi connectivity index (χ0) is 14.1. The molecule has 20 heavy (non-hydrogen) atoms. The minimum absolute atomic E-state index is 0.236. The van der Waals surface area contributed by atoms with Crippen LogP contribution in [0.15, 0.2) is 36.7 Å². The van der Waals surface area contributed by atoms with E-state index in [1.807, 2.05) is 0 Å².